The van der Waals surface area contributed by atoms with Crippen molar-refractivity contribution in [3.63, 3.8) is 0 Å². The first-order valence-electron chi connectivity index (χ1n) is 6.41. The molecular formula is C14H16F2N2O2. The normalized spacial score (nSPS) is 22.9. The number of halogens is 2. The van der Waals surface area contributed by atoms with E-state index in [-0.39, 0.29) is 30.5 Å². The molecule has 1 heterocycles. The number of nitrogens with one attached hydrogen (secondary N) is 1. The van der Waals surface area contributed by atoms with Crippen LogP contribution >= 0.6 is 0 Å². The number of nitrogens with zero attached hydrogens (tertiary/aromatic N) is 1. The highest BCUT2D eigenvalue weighted by Gasteiger charge is 2.44. The first kappa shape index (κ1) is 14.4. The monoisotopic (exact) mass is 282 g/mol. The number of amides is 2. The fourth-order valence-electron chi connectivity index (χ4n) is 2.29. The smallest absolute Gasteiger partial charge is 0.246 e. The average molecular weight is 282 g/mol. The van der Waals surface area contributed by atoms with Crippen molar-refractivity contribution in [2.75, 3.05) is 6.54 Å². The van der Waals surface area contributed by atoms with Crippen LogP contribution in [0.4, 0.5) is 8.78 Å². The van der Waals surface area contributed by atoms with E-state index in [1.54, 1.807) is 13.8 Å². The number of benzene rings is 1. The summed E-state index contributed by atoms with van der Waals surface area (Å²) < 4.78 is 26.9. The molecule has 1 fully saturated rings. The van der Waals surface area contributed by atoms with Crippen molar-refractivity contribution in [1.29, 1.82) is 0 Å². The zero-order valence-corrected chi connectivity index (χ0v) is 11.4. The lowest BCUT2D eigenvalue weighted by Gasteiger charge is -2.43. The molecule has 0 radical (unpaired) electrons. The van der Waals surface area contributed by atoms with Gasteiger partial charge in [0.25, 0.3) is 0 Å². The van der Waals surface area contributed by atoms with Crippen LogP contribution in [0.2, 0.25) is 0 Å². The van der Waals surface area contributed by atoms with Crippen molar-refractivity contribution in [3.05, 3.63) is 35.4 Å². The topological polar surface area (TPSA) is 49.4 Å². The van der Waals surface area contributed by atoms with Gasteiger partial charge in [0, 0.05) is 12.1 Å². The number of piperazine rings is 1. The standard InChI is InChI=1S/C14H16F2N2O2/c1-3-14(2)13(20)17-7-12(19)18(14)8-9-6-10(15)4-5-11(9)16/h4-6H,3,7-8H2,1-2H3,(H,17,20). The number of carbonyl (C=O) groups is 2. The summed E-state index contributed by atoms with van der Waals surface area (Å²) in [6.45, 7) is 3.15. The van der Waals surface area contributed by atoms with Gasteiger partial charge in [-0.1, -0.05) is 6.92 Å². The molecule has 2 rings (SSSR count). The van der Waals surface area contributed by atoms with Gasteiger partial charge in [0.15, 0.2) is 0 Å². The third-order valence-electron chi connectivity index (χ3n) is 3.81. The van der Waals surface area contributed by atoms with Gasteiger partial charge in [0.1, 0.15) is 17.2 Å². The van der Waals surface area contributed by atoms with Crippen LogP contribution in [-0.2, 0) is 16.1 Å². The SMILES string of the molecule is CCC1(C)C(=O)NCC(=O)N1Cc1cc(F)ccc1F. The zero-order valence-electron chi connectivity index (χ0n) is 11.4. The van der Waals surface area contributed by atoms with Crippen molar-refractivity contribution in [2.45, 2.75) is 32.4 Å². The molecule has 1 N–H and O–H groups in total. The second-order valence-electron chi connectivity index (χ2n) is 5.03. The second-order valence-corrected chi connectivity index (χ2v) is 5.03. The third-order valence-corrected chi connectivity index (χ3v) is 3.81. The van der Waals surface area contributed by atoms with Crippen LogP contribution in [0.1, 0.15) is 25.8 Å². The molecule has 0 spiro atoms. The first-order chi connectivity index (χ1) is 9.38. The summed E-state index contributed by atoms with van der Waals surface area (Å²) in [5.41, 5.74) is -0.985. The molecule has 108 valence electrons. The van der Waals surface area contributed by atoms with E-state index in [2.05, 4.69) is 5.32 Å². The van der Waals surface area contributed by atoms with Crippen LogP contribution in [0.25, 0.3) is 0 Å². The van der Waals surface area contributed by atoms with E-state index >= 15 is 0 Å². The van der Waals surface area contributed by atoms with Crippen molar-refractivity contribution in [2.24, 2.45) is 0 Å². The van der Waals surface area contributed by atoms with Crippen LogP contribution in [0.3, 0.4) is 0 Å². The summed E-state index contributed by atoms with van der Waals surface area (Å²) in [6, 6.07) is 3.08. The van der Waals surface area contributed by atoms with Crippen LogP contribution in [0, 0.1) is 11.6 Å². The van der Waals surface area contributed by atoms with Gasteiger partial charge in [0.2, 0.25) is 11.8 Å². The predicted octanol–water partition coefficient (Wildman–Crippen LogP) is 1.59. The summed E-state index contributed by atoms with van der Waals surface area (Å²) in [7, 11) is 0. The predicted molar refractivity (Wildman–Crippen MR) is 68.6 cm³/mol. The molecule has 1 aromatic rings. The number of carbonyl (C=O) groups excluding carboxylic acids is 2. The molecule has 1 aromatic carbocycles. The molecule has 1 aliphatic rings. The van der Waals surface area contributed by atoms with Gasteiger partial charge in [-0.25, -0.2) is 8.78 Å². The third kappa shape index (κ3) is 2.37. The van der Waals surface area contributed by atoms with E-state index in [1.807, 2.05) is 0 Å². The minimum atomic E-state index is -1.05. The molecule has 6 heteroatoms. The molecule has 20 heavy (non-hydrogen) atoms. The van der Waals surface area contributed by atoms with Crippen molar-refractivity contribution in [1.82, 2.24) is 10.2 Å². The highest BCUT2D eigenvalue weighted by molar-refractivity contribution is 5.97. The molecule has 1 saturated heterocycles. The maximum absolute atomic E-state index is 13.7. The average Bonchev–Trinajstić information content (AvgIpc) is 2.43. The Morgan fingerprint density at radius 2 is 2.05 bits per heavy atom. The summed E-state index contributed by atoms with van der Waals surface area (Å²) in [6.07, 6.45) is 0.390. The summed E-state index contributed by atoms with van der Waals surface area (Å²) in [5.74, 6) is -1.76. The second kappa shape index (κ2) is 5.19. The van der Waals surface area contributed by atoms with Gasteiger partial charge >= 0.3 is 0 Å². The minimum Gasteiger partial charge on any atom is -0.345 e. The molecular weight excluding hydrogens is 266 g/mol. The number of rotatable bonds is 3. The molecule has 0 bridgehead atoms. The number of hydrogen-bond acceptors (Lipinski definition) is 2. The molecule has 0 saturated carbocycles. The van der Waals surface area contributed by atoms with E-state index in [0.29, 0.717) is 6.42 Å². The van der Waals surface area contributed by atoms with E-state index < -0.39 is 17.2 Å². The molecule has 0 aliphatic carbocycles. The molecule has 1 unspecified atom stereocenters. The lowest BCUT2D eigenvalue weighted by atomic mass is 9.92. The van der Waals surface area contributed by atoms with Crippen LogP contribution < -0.4 is 5.32 Å². The first-order valence-corrected chi connectivity index (χ1v) is 6.41. The van der Waals surface area contributed by atoms with Gasteiger partial charge in [-0.05, 0) is 31.5 Å². The van der Waals surface area contributed by atoms with Gasteiger partial charge in [-0.15, -0.1) is 0 Å². The van der Waals surface area contributed by atoms with Crippen molar-refractivity contribution < 1.29 is 18.4 Å². The van der Waals surface area contributed by atoms with Gasteiger partial charge in [-0.3, -0.25) is 9.59 Å². The van der Waals surface area contributed by atoms with E-state index in [4.69, 9.17) is 0 Å². The lowest BCUT2D eigenvalue weighted by Crippen LogP contribution is -2.65. The Balaban J connectivity index is 2.35. The molecule has 1 aliphatic heterocycles. The number of hydrogen-bond donors (Lipinski definition) is 1. The fraction of sp³-hybridized carbons (Fsp3) is 0.429. The highest BCUT2D eigenvalue weighted by atomic mass is 19.1. The molecule has 2 amide bonds. The van der Waals surface area contributed by atoms with Crippen LogP contribution in [0.5, 0.6) is 0 Å². The maximum atomic E-state index is 13.7. The van der Waals surface area contributed by atoms with Crippen molar-refractivity contribution >= 4 is 11.8 Å². The zero-order chi connectivity index (χ0) is 14.9. The Morgan fingerprint density at radius 3 is 2.70 bits per heavy atom. The maximum Gasteiger partial charge on any atom is 0.246 e. The fourth-order valence-corrected chi connectivity index (χ4v) is 2.29. The van der Waals surface area contributed by atoms with E-state index in [0.717, 1.165) is 18.2 Å². The minimum absolute atomic E-state index is 0.0627. The Kier molecular flexibility index (Phi) is 3.74. The van der Waals surface area contributed by atoms with Crippen LogP contribution in [-0.4, -0.2) is 28.8 Å². The van der Waals surface area contributed by atoms with Gasteiger partial charge < -0.3 is 10.2 Å². The summed E-state index contributed by atoms with van der Waals surface area (Å²) in [5, 5.41) is 2.52. The Morgan fingerprint density at radius 1 is 1.35 bits per heavy atom. The summed E-state index contributed by atoms with van der Waals surface area (Å²) in [4.78, 5) is 25.3. The Hall–Kier alpha value is -1.98. The Labute approximate surface area is 115 Å². The molecule has 1 atom stereocenters. The Bertz CT molecular complexity index is 562. The van der Waals surface area contributed by atoms with E-state index in [9.17, 15) is 18.4 Å². The van der Waals surface area contributed by atoms with Gasteiger partial charge in [0.05, 0.1) is 6.54 Å². The quantitative estimate of drug-likeness (QED) is 0.915. The lowest BCUT2D eigenvalue weighted by molar-refractivity contribution is -0.153. The van der Waals surface area contributed by atoms with Crippen LogP contribution in [0.15, 0.2) is 18.2 Å². The largest absolute Gasteiger partial charge is 0.345 e. The van der Waals surface area contributed by atoms with Gasteiger partial charge in [-0.2, -0.15) is 0 Å². The van der Waals surface area contributed by atoms with Crippen molar-refractivity contribution in [3.8, 4) is 0 Å². The van der Waals surface area contributed by atoms with E-state index in [1.165, 1.54) is 4.90 Å². The molecule has 0 aromatic heterocycles. The molecule has 4 nitrogen and oxygen atoms in total. The summed E-state index contributed by atoms with van der Waals surface area (Å²) >= 11 is 0. The highest BCUT2D eigenvalue weighted by Crippen LogP contribution is 2.26.